The Kier molecular flexibility index (Phi) is 5.78. The predicted octanol–water partition coefficient (Wildman–Crippen LogP) is 2.96. The third-order valence-corrected chi connectivity index (χ3v) is 6.62. The van der Waals surface area contributed by atoms with E-state index >= 15 is 4.39 Å². The number of hydrogen-bond acceptors (Lipinski definition) is 8. The summed E-state index contributed by atoms with van der Waals surface area (Å²) in [7, 11) is 2.13. The summed E-state index contributed by atoms with van der Waals surface area (Å²) in [4.78, 5) is 25.8. The van der Waals surface area contributed by atoms with Gasteiger partial charge in [0.15, 0.2) is 17.3 Å². The van der Waals surface area contributed by atoms with Gasteiger partial charge in [-0.3, -0.25) is 15.1 Å². The SMILES string of the molecule is CCNCc1cncc(-c2ncc3[nH]nc(-c4nc5c(N6CCN(C)CC6)ccnc5[nH]4)c3c2F)c1. The van der Waals surface area contributed by atoms with Crippen LogP contribution >= 0.6 is 0 Å². The Morgan fingerprint density at radius 3 is 2.78 bits per heavy atom. The topological polar surface area (TPSA) is 115 Å². The number of hydrogen-bond donors (Lipinski definition) is 3. The Bertz CT molecular complexity index is 1530. The highest BCUT2D eigenvalue weighted by Gasteiger charge is 2.23. The Morgan fingerprint density at radius 2 is 1.94 bits per heavy atom. The molecule has 6 rings (SSSR count). The van der Waals surface area contributed by atoms with Crippen molar-refractivity contribution in [3.63, 3.8) is 0 Å². The molecular weight excluding hydrogens is 459 g/mol. The van der Waals surface area contributed by atoms with Crippen molar-refractivity contribution in [2.75, 3.05) is 44.7 Å². The molecule has 36 heavy (non-hydrogen) atoms. The van der Waals surface area contributed by atoms with E-state index in [4.69, 9.17) is 4.98 Å². The second-order valence-corrected chi connectivity index (χ2v) is 9.05. The van der Waals surface area contributed by atoms with Gasteiger partial charge in [-0.2, -0.15) is 5.10 Å². The Morgan fingerprint density at radius 1 is 1.08 bits per heavy atom. The molecule has 0 aromatic carbocycles. The molecule has 0 atom stereocenters. The van der Waals surface area contributed by atoms with Crippen LogP contribution in [0.1, 0.15) is 12.5 Å². The van der Waals surface area contributed by atoms with Crippen LogP contribution in [-0.2, 0) is 6.54 Å². The van der Waals surface area contributed by atoms with Crippen molar-refractivity contribution < 1.29 is 4.39 Å². The number of likely N-dealkylation sites (N-methyl/N-ethyl adjacent to an activating group) is 1. The molecule has 1 aliphatic heterocycles. The maximum absolute atomic E-state index is 15.9. The van der Waals surface area contributed by atoms with Crippen LogP contribution < -0.4 is 10.2 Å². The average molecular weight is 487 g/mol. The molecule has 0 spiro atoms. The molecule has 10 nitrogen and oxygen atoms in total. The molecule has 0 unspecified atom stereocenters. The summed E-state index contributed by atoms with van der Waals surface area (Å²) in [6.45, 7) is 7.31. The van der Waals surface area contributed by atoms with Crippen LogP contribution in [0.15, 0.2) is 36.9 Å². The molecule has 5 aromatic heterocycles. The van der Waals surface area contributed by atoms with E-state index in [-0.39, 0.29) is 5.69 Å². The fourth-order valence-corrected chi connectivity index (χ4v) is 4.64. The van der Waals surface area contributed by atoms with E-state index in [1.807, 2.05) is 19.1 Å². The monoisotopic (exact) mass is 486 g/mol. The molecular formula is C25H27FN10. The van der Waals surface area contributed by atoms with Crippen molar-refractivity contribution >= 4 is 27.8 Å². The minimum absolute atomic E-state index is 0.225. The second-order valence-electron chi connectivity index (χ2n) is 9.05. The zero-order chi connectivity index (χ0) is 24.6. The van der Waals surface area contributed by atoms with Crippen LogP contribution in [-0.4, -0.2) is 79.8 Å². The zero-order valence-electron chi connectivity index (χ0n) is 20.2. The predicted molar refractivity (Wildman–Crippen MR) is 137 cm³/mol. The van der Waals surface area contributed by atoms with Crippen LogP contribution in [0.25, 0.3) is 44.8 Å². The largest absolute Gasteiger partial charge is 0.367 e. The van der Waals surface area contributed by atoms with Gasteiger partial charge >= 0.3 is 0 Å². The number of anilines is 1. The lowest BCUT2D eigenvalue weighted by atomic mass is 10.1. The standard InChI is InChI=1S/C25H27FN10/c1-3-27-11-15-10-16(13-28-12-15)21-20(26)19-17(14-30-21)33-34-23(19)25-31-22-18(4-5-29-24(22)32-25)36-8-6-35(2)7-9-36/h4-5,10,12-14,27H,3,6-9,11H2,1-2H3,(H,33,34)(H,29,31,32). The first-order valence-electron chi connectivity index (χ1n) is 12.1. The third kappa shape index (κ3) is 3.95. The summed E-state index contributed by atoms with van der Waals surface area (Å²) in [6, 6.07) is 3.89. The first-order chi connectivity index (χ1) is 17.6. The minimum atomic E-state index is -0.466. The number of rotatable bonds is 6. The van der Waals surface area contributed by atoms with E-state index in [1.54, 1.807) is 24.8 Å². The van der Waals surface area contributed by atoms with E-state index in [1.165, 1.54) is 0 Å². The van der Waals surface area contributed by atoms with Gasteiger partial charge in [0, 0.05) is 56.9 Å². The number of piperazine rings is 1. The van der Waals surface area contributed by atoms with E-state index < -0.39 is 5.82 Å². The van der Waals surface area contributed by atoms with E-state index in [0.29, 0.717) is 40.2 Å². The number of aromatic nitrogens is 7. The third-order valence-electron chi connectivity index (χ3n) is 6.62. The first kappa shape index (κ1) is 22.5. The van der Waals surface area contributed by atoms with Gasteiger partial charge in [-0.15, -0.1) is 0 Å². The van der Waals surface area contributed by atoms with Gasteiger partial charge in [-0.05, 0) is 31.3 Å². The summed E-state index contributed by atoms with van der Waals surface area (Å²) in [5.41, 5.74) is 5.10. The Balaban J connectivity index is 1.42. The number of fused-ring (bicyclic) bond motifs is 2. The first-order valence-corrected chi connectivity index (χ1v) is 12.1. The second kappa shape index (κ2) is 9.25. The molecule has 6 heterocycles. The highest BCUT2D eigenvalue weighted by molar-refractivity contribution is 5.96. The molecule has 0 amide bonds. The van der Waals surface area contributed by atoms with Gasteiger partial charge in [0.1, 0.15) is 16.9 Å². The maximum Gasteiger partial charge on any atom is 0.161 e. The molecule has 0 saturated carbocycles. The normalized spacial score (nSPS) is 14.8. The summed E-state index contributed by atoms with van der Waals surface area (Å²) in [5, 5.41) is 10.9. The summed E-state index contributed by atoms with van der Waals surface area (Å²) >= 11 is 0. The minimum Gasteiger partial charge on any atom is -0.367 e. The number of nitrogens with zero attached hydrogens (tertiary/aromatic N) is 7. The molecule has 11 heteroatoms. The Hall–Kier alpha value is -3.96. The Labute approximate surface area is 207 Å². The van der Waals surface area contributed by atoms with Crippen LogP contribution in [0, 0.1) is 5.82 Å². The summed E-state index contributed by atoms with van der Waals surface area (Å²) < 4.78 is 15.9. The molecule has 0 bridgehead atoms. The molecule has 0 aliphatic carbocycles. The average Bonchev–Trinajstić information content (AvgIpc) is 3.53. The molecule has 1 fully saturated rings. The van der Waals surface area contributed by atoms with Crippen LogP contribution in [0.4, 0.5) is 10.1 Å². The number of nitrogens with one attached hydrogen (secondary N) is 3. The van der Waals surface area contributed by atoms with Gasteiger partial charge in [-0.25, -0.2) is 14.4 Å². The molecule has 1 saturated heterocycles. The summed E-state index contributed by atoms with van der Waals surface area (Å²) in [5.74, 6) is -0.00763. The van der Waals surface area contributed by atoms with Gasteiger partial charge in [-0.1, -0.05) is 6.92 Å². The lowest BCUT2D eigenvalue weighted by molar-refractivity contribution is 0.313. The highest BCUT2D eigenvalue weighted by Crippen LogP contribution is 2.33. The van der Waals surface area contributed by atoms with E-state index in [9.17, 15) is 0 Å². The lowest BCUT2D eigenvalue weighted by Gasteiger charge is -2.33. The van der Waals surface area contributed by atoms with E-state index in [0.717, 1.165) is 49.5 Å². The van der Waals surface area contributed by atoms with Crippen LogP contribution in [0.5, 0.6) is 0 Å². The van der Waals surface area contributed by atoms with Crippen LogP contribution in [0.2, 0.25) is 0 Å². The highest BCUT2D eigenvalue weighted by atomic mass is 19.1. The van der Waals surface area contributed by atoms with Crippen molar-refractivity contribution in [3.05, 3.63) is 48.3 Å². The molecule has 1 aliphatic rings. The van der Waals surface area contributed by atoms with Crippen molar-refractivity contribution in [1.82, 2.24) is 45.3 Å². The quantitative estimate of drug-likeness (QED) is 0.336. The van der Waals surface area contributed by atoms with Gasteiger partial charge < -0.3 is 20.1 Å². The van der Waals surface area contributed by atoms with Crippen molar-refractivity contribution in [1.29, 1.82) is 0 Å². The van der Waals surface area contributed by atoms with Crippen LogP contribution in [0.3, 0.4) is 0 Å². The van der Waals surface area contributed by atoms with Gasteiger partial charge in [0.25, 0.3) is 0 Å². The molecule has 5 aromatic rings. The number of imidazole rings is 1. The zero-order valence-corrected chi connectivity index (χ0v) is 20.2. The van der Waals surface area contributed by atoms with E-state index in [2.05, 4.69) is 52.3 Å². The number of aromatic amines is 2. The number of halogens is 1. The number of pyridine rings is 3. The van der Waals surface area contributed by atoms with Gasteiger partial charge in [0.2, 0.25) is 0 Å². The maximum atomic E-state index is 15.9. The van der Waals surface area contributed by atoms with Crippen molar-refractivity contribution in [2.45, 2.75) is 13.5 Å². The smallest absolute Gasteiger partial charge is 0.161 e. The number of H-pyrrole nitrogens is 2. The molecule has 0 radical (unpaired) electrons. The fraction of sp³-hybridized carbons (Fsp3) is 0.320. The summed E-state index contributed by atoms with van der Waals surface area (Å²) in [6.07, 6.45) is 6.76. The molecule has 3 N–H and O–H groups in total. The van der Waals surface area contributed by atoms with Crippen molar-refractivity contribution in [2.24, 2.45) is 0 Å². The fourth-order valence-electron chi connectivity index (χ4n) is 4.64. The lowest BCUT2D eigenvalue weighted by Crippen LogP contribution is -2.44. The van der Waals surface area contributed by atoms with Gasteiger partial charge in [0.05, 0.1) is 22.8 Å². The molecule has 184 valence electrons. The van der Waals surface area contributed by atoms with Crippen molar-refractivity contribution in [3.8, 4) is 22.8 Å².